The van der Waals surface area contributed by atoms with Crippen molar-refractivity contribution in [3.05, 3.63) is 71.0 Å². The van der Waals surface area contributed by atoms with Crippen LogP contribution < -0.4 is 10.6 Å². The lowest BCUT2D eigenvalue weighted by Crippen LogP contribution is -2.33. The van der Waals surface area contributed by atoms with Crippen molar-refractivity contribution in [2.24, 2.45) is 0 Å². The number of rotatable bonds is 7. The molecule has 6 nitrogen and oxygen atoms in total. The van der Waals surface area contributed by atoms with E-state index in [1.807, 2.05) is 6.92 Å². The molecule has 0 heterocycles. The van der Waals surface area contributed by atoms with Gasteiger partial charge in [0.1, 0.15) is 12.4 Å². The molecule has 0 saturated carbocycles. The molecule has 2 aromatic carbocycles. The number of carbonyl (C=O) groups excluding carboxylic acids is 3. The number of nitrogens with one attached hydrogen (secondary N) is 2. The molecule has 0 radical (unpaired) electrons. The molecule has 0 atom stereocenters. The zero-order valence-corrected chi connectivity index (χ0v) is 14.3. The van der Waals surface area contributed by atoms with Crippen LogP contribution >= 0.6 is 0 Å². The van der Waals surface area contributed by atoms with Gasteiger partial charge in [0, 0.05) is 17.7 Å². The molecule has 0 aliphatic rings. The number of amides is 2. The summed E-state index contributed by atoms with van der Waals surface area (Å²) >= 11 is 0. The van der Waals surface area contributed by atoms with Gasteiger partial charge in [-0.1, -0.05) is 35.9 Å². The maximum absolute atomic E-state index is 13.4. The Kier molecular flexibility index (Phi) is 6.84. The van der Waals surface area contributed by atoms with Crippen LogP contribution in [0.15, 0.2) is 48.5 Å². The van der Waals surface area contributed by atoms with Crippen molar-refractivity contribution in [1.29, 1.82) is 0 Å². The van der Waals surface area contributed by atoms with Gasteiger partial charge in [-0.05, 0) is 25.1 Å². The maximum atomic E-state index is 13.4. The minimum atomic E-state index is -0.744. The Morgan fingerprint density at radius 1 is 1.00 bits per heavy atom. The standard InChI is InChI=1S/C19H19FN2O4/c1-13-6-8-14(9-7-13)19(25)22-11-18(24)26-12-17(23)21-10-15-4-2-3-5-16(15)20/h2-9H,10-12H2,1H3,(H,21,23)(H,22,25). The molecule has 0 unspecified atom stereocenters. The van der Waals surface area contributed by atoms with E-state index in [9.17, 15) is 18.8 Å². The molecule has 0 aromatic heterocycles. The van der Waals surface area contributed by atoms with Crippen molar-refractivity contribution >= 4 is 17.8 Å². The van der Waals surface area contributed by atoms with Crippen LogP contribution in [-0.4, -0.2) is 30.9 Å². The molecule has 0 aliphatic heterocycles. The Bertz CT molecular complexity index is 790. The van der Waals surface area contributed by atoms with E-state index < -0.39 is 30.2 Å². The van der Waals surface area contributed by atoms with Crippen LogP contribution in [0.2, 0.25) is 0 Å². The highest BCUT2D eigenvalue weighted by Gasteiger charge is 2.11. The van der Waals surface area contributed by atoms with Crippen molar-refractivity contribution < 1.29 is 23.5 Å². The molecule has 26 heavy (non-hydrogen) atoms. The summed E-state index contributed by atoms with van der Waals surface area (Å²) in [6.45, 7) is 1.03. The second kappa shape index (κ2) is 9.31. The third-order valence-electron chi connectivity index (χ3n) is 3.51. The van der Waals surface area contributed by atoms with E-state index in [4.69, 9.17) is 4.74 Å². The van der Waals surface area contributed by atoms with E-state index >= 15 is 0 Å². The average Bonchev–Trinajstić information content (AvgIpc) is 2.64. The van der Waals surface area contributed by atoms with Crippen molar-refractivity contribution in [2.75, 3.05) is 13.2 Å². The van der Waals surface area contributed by atoms with Crippen LogP contribution in [0.4, 0.5) is 4.39 Å². The summed E-state index contributed by atoms with van der Waals surface area (Å²) in [7, 11) is 0. The van der Waals surface area contributed by atoms with Gasteiger partial charge in [0.15, 0.2) is 6.61 Å². The Labute approximate surface area is 150 Å². The van der Waals surface area contributed by atoms with Crippen molar-refractivity contribution in [1.82, 2.24) is 10.6 Å². The first-order valence-corrected chi connectivity index (χ1v) is 7.96. The normalized spacial score (nSPS) is 10.1. The number of halogens is 1. The second-order valence-corrected chi connectivity index (χ2v) is 5.58. The number of hydrogen-bond acceptors (Lipinski definition) is 4. The van der Waals surface area contributed by atoms with Crippen LogP contribution in [0.5, 0.6) is 0 Å². The smallest absolute Gasteiger partial charge is 0.325 e. The van der Waals surface area contributed by atoms with Crippen LogP contribution in [0.25, 0.3) is 0 Å². The lowest BCUT2D eigenvalue weighted by Gasteiger charge is -2.08. The summed E-state index contributed by atoms with van der Waals surface area (Å²) in [6.07, 6.45) is 0. The third-order valence-corrected chi connectivity index (χ3v) is 3.51. The molecular formula is C19H19FN2O4. The van der Waals surface area contributed by atoms with E-state index in [0.717, 1.165) is 5.56 Å². The summed E-state index contributed by atoms with van der Waals surface area (Å²) in [5.74, 6) is -2.15. The zero-order chi connectivity index (χ0) is 18.9. The molecule has 0 saturated heterocycles. The van der Waals surface area contributed by atoms with E-state index in [-0.39, 0.29) is 13.1 Å². The molecule has 0 fully saturated rings. The minimum absolute atomic E-state index is 0.00673. The molecular weight excluding hydrogens is 339 g/mol. The Morgan fingerprint density at radius 2 is 1.69 bits per heavy atom. The van der Waals surface area contributed by atoms with Gasteiger partial charge in [-0.3, -0.25) is 14.4 Å². The zero-order valence-electron chi connectivity index (χ0n) is 14.3. The fraction of sp³-hybridized carbons (Fsp3) is 0.211. The highest BCUT2D eigenvalue weighted by molar-refractivity contribution is 5.96. The molecule has 0 spiro atoms. The number of hydrogen-bond donors (Lipinski definition) is 2. The van der Waals surface area contributed by atoms with Gasteiger partial charge < -0.3 is 15.4 Å². The second-order valence-electron chi connectivity index (χ2n) is 5.58. The fourth-order valence-electron chi connectivity index (χ4n) is 2.04. The number of carbonyl (C=O) groups is 3. The van der Waals surface area contributed by atoms with Gasteiger partial charge in [0.2, 0.25) is 0 Å². The maximum Gasteiger partial charge on any atom is 0.325 e. The first-order valence-electron chi connectivity index (χ1n) is 7.96. The van der Waals surface area contributed by atoms with Crippen molar-refractivity contribution in [2.45, 2.75) is 13.5 Å². The van der Waals surface area contributed by atoms with Crippen molar-refractivity contribution in [3.63, 3.8) is 0 Å². The first-order chi connectivity index (χ1) is 12.5. The van der Waals surface area contributed by atoms with Gasteiger partial charge in [0.05, 0.1) is 0 Å². The number of ether oxygens (including phenoxy) is 1. The number of esters is 1. The van der Waals surface area contributed by atoms with E-state index in [2.05, 4.69) is 10.6 Å². The summed E-state index contributed by atoms with van der Waals surface area (Å²) in [5.41, 5.74) is 1.77. The molecule has 0 aliphatic carbocycles. The van der Waals surface area contributed by atoms with E-state index in [1.54, 1.807) is 42.5 Å². The fourth-order valence-corrected chi connectivity index (χ4v) is 2.04. The van der Waals surface area contributed by atoms with Crippen LogP contribution in [0, 0.1) is 12.7 Å². The Balaban J connectivity index is 1.68. The van der Waals surface area contributed by atoms with Crippen molar-refractivity contribution in [3.8, 4) is 0 Å². The van der Waals surface area contributed by atoms with E-state index in [0.29, 0.717) is 11.1 Å². The summed E-state index contributed by atoms with van der Waals surface area (Å²) in [4.78, 5) is 35.1. The monoisotopic (exact) mass is 358 g/mol. The number of aryl methyl sites for hydroxylation is 1. The highest BCUT2D eigenvalue weighted by atomic mass is 19.1. The third kappa shape index (κ3) is 6.01. The quantitative estimate of drug-likeness (QED) is 0.738. The summed E-state index contributed by atoms with van der Waals surface area (Å²) < 4.78 is 18.2. The van der Waals surface area contributed by atoms with Crippen LogP contribution in [-0.2, 0) is 20.9 Å². The molecule has 7 heteroatoms. The van der Waals surface area contributed by atoms with Gasteiger partial charge >= 0.3 is 5.97 Å². The van der Waals surface area contributed by atoms with Gasteiger partial charge in [-0.2, -0.15) is 0 Å². The molecule has 2 aromatic rings. The predicted molar refractivity (Wildman–Crippen MR) is 92.7 cm³/mol. The van der Waals surface area contributed by atoms with Gasteiger partial charge in [-0.15, -0.1) is 0 Å². The molecule has 2 amide bonds. The Hall–Kier alpha value is -3.22. The molecule has 2 rings (SSSR count). The summed E-state index contributed by atoms with van der Waals surface area (Å²) in [6, 6.07) is 12.9. The molecule has 2 N–H and O–H groups in total. The number of benzene rings is 2. The highest BCUT2D eigenvalue weighted by Crippen LogP contribution is 2.05. The largest absolute Gasteiger partial charge is 0.454 e. The van der Waals surface area contributed by atoms with Crippen LogP contribution in [0.3, 0.4) is 0 Å². The predicted octanol–water partition coefficient (Wildman–Crippen LogP) is 1.72. The topological polar surface area (TPSA) is 84.5 Å². The lowest BCUT2D eigenvalue weighted by atomic mass is 10.1. The van der Waals surface area contributed by atoms with Crippen LogP contribution in [0.1, 0.15) is 21.5 Å². The average molecular weight is 358 g/mol. The molecule has 0 bridgehead atoms. The Morgan fingerprint density at radius 3 is 2.38 bits per heavy atom. The lowest BCUT2D eigenvalue weighted by molar-refractivity contribution is -0.147. The van der Waals surface area contributed by atoms with Gasteiger partial charge in [0.25, 0.3) is 11.8 Å². The molecule has 136 valence electrons. The van der Waals surface area contributed by atoms with Gasteiger partial charge in [-0.25, -0.2) is 4.39 Å². The first kappa shape index (κ1) is 19.1. The minimum Gasteiger partial charge on any atom is -0.454 e. The summed E-state index contributed by atoms with van der Waals surface area (Å²) in [5, 5.41) is 4.86. The van der Waals surface area contributed by atoms with E-state index in [1.165, 1.54) is 6.07 Å². The SMILES string of the molecule is Cc1ccc(C(=O)NCC(=O)OCC(=O)NCc2ccccc2F)cc1.